The third-order valence-electron chi connectivity index (χ3n) is 3.08. The number of aliphatic hydroxyl groups excluding tert-OH is 2. The average molecular weight is 269 g/mol. The summed E-state index contributed by atoms with van der Waals surface area (Å²) in [6, 6.07) is 0. The van der Waals surface area contributed by atoms with Crippen molar-refractivity contribution in [1.82, 2.24) is 19.5 Å². The van der Waals surface area contributed by atoms with E-state index in [1.54, 1.807) is 0 Å². The monoisotopic (exact) mass is 269 g/mol. The lowest BCUT2D eigenvalue weighted by atomic mass is 10.1. The number of anilines is 1. The van der Waals surface area contributed by atoms with Crippen molar-refractivity contribution in [2.24, 2.45) is 0 Å². The van der Waals surface area contributed by atoms with Gasteiger partial charge in [-0.2, -0.15) is 4.98 Å². The molecular weight excluding hydrogens is 257 g/mol. The molecule has 9 heteroatoms. The second-order valence-electron chi connectivity index (χ2n) is 4.27. The molecule has 19 heavy (non-hydrogen) atoms. The van der Waals surface area contributed by atoms with Crippen molar-refractivity contribution in [1.29, 1.82) is 0 Å². The van der Waals surface area contributed by atoms with Gasteiger partial charge >= 0.3 is 0 Å². The first kappa shape index (κ1) is 12.2. The quantitative estimate of drug-likeness (QED) is 0.639. The number of fused-ring (bicyclic) bond motifs is 1. The van der Waals surface area contributed by atoms with E-state index in [0.29, 0.717) is 11.2 Å². The van der Waals surface area contributed by atoms with Gasteiger partial charge in [-0.3, -0.25) is 4.57 Å². The fourth-order valence-electron chi connectivity index (χ4n) is 2.11. The molecule has 1 aliphatic rings. The Labute approximate surface area is 106 Å². The predicted octanol–water partition coefficient (Wildman–Crippen LogP) is -1.00. The normalized spacial score (nSPS) is 31.1. The number of nitrogen functional groups attached to an aromatic ring is 1. The van der Waals surface area contributed by atoms with Gasteiger partial charge in [-0.15, -0.1) is 0 Å². The van der Waals surface area contributed by atoms with Crippen LogP contribution in [0.15, 0.2) is 12.5 Å². The Kier molecular flexibility index (Phi) is 2.81. The van der Waals surface area contributed by atoms with E-state index in [1.165, 1.54) is 17.1 Å². The molecule has 0 aliphatic carbocycles. The van der Waals surface area contributed by atoms with Crippen molar-refractivity contribution in [3.05, 3.63) is 12.5 Å². The first-order chi connectivity index (χ1) is 9.11. The molecule has 1 aliphatic heterocycles. The van der Waals surface area contributed by atoms with Crippen molar-refractivity contribution >= 4 is 17.1 Å². The molecule has 0 aromatic carbocycles. The summed E-state index contributed by atoms with van der Waals surface area (Å²) < 4.78 is 20.3. The van der Waals surface area contributed by atoms with Crippen LogP contribution in [0, 0.1) is 0 Å². The second kappa shape index (κ2) is 4.37. The van der Waals surface area contributed by atoms with E-state index in [2.05, 4.69) is 15.0 Å². The Morgan fingerprint density at radius 2 is 2.26 bits per heavy atom. The SMILES string of the molecule is Nc1ncc2ncn([C@@H]3O[C@H](CO)[C@@H](F)[C@H]3O)c2n1. The fourth-order valence-corrected chi connectivity index (χ4v) is 2.11. The minimum atomic E-state index is -1.67. The molecule has 1 fully saturated rings. The highest BCUT2D eigenvalue weighted by Crippen LogP contribution is 2.32. The van der Waals surface area contributed by atoms with Crippen LogP contribution in [0.3, 0.4) is 0 Å². The van der Waals surface area contributed by atoms with Crippen LogP contribution in [0.4, 0.5) is 10.3 Å². The summed E-state index contributed by atoms with van der Waals surface area (Å²) in [6.07, 6.45) is -2.38. The van der Waals surface area contributed by atoms with Crippen LogP contribution in [-0.2, 0) is 4.74 Å². The van der Waals surface area contributed by atoms with E-state index in [9.17, 15) is 9.50 Å². The lowest BCUT2D eigenvalue weighted by molar-refractivity contribution is -0.0495. The van der Waals surface area contributed by atoms with Crippen LogP contribution < -0.4 is 5.73 Å². The topological polar surface area (TPSA) is 119 Å². The fraction of sp³-hybridized carbons (Fsp3) is 0.500. The van der Waals surface area contributed by atoms with E-state index in [0.717, 1.165) is 0 Å². The highest BCUT2D eigenvalue weighted by molar-refractivity contribution is 5.70. The summed E-state index contributed by atoms with van der Waals surface area (Å²) in [5.41, 5.74) is 6.27. The standard InChI is InChI=1S/C10H12FN5O3/c11-6-5(2-17)19-9(7(6)18)16-3-14-4-1-13-10(12)15-8(4)16/h1,3,5-7,9,17-18H,2H2,(H2,12,13,15)/t5-,6-,7-,9-/m1/s1. The molecule has 3 rings (SSSR count). The molecule has 0 saturated carbocycles. The zero-order chi connectivity index (χ0) is 13.6. The maximum Gasteiger partial charge on any atom is 0.222 e. The Bertz CT molecular complexity index is 606. The highest BCUT2D eigenvalue weighted by Gasteiger charge is 2.45. The van der Waals surface area contributed by atoms with Crippen LogP contribution in [0.25, 0.3) is 11.2 Å². The lowest BCUT2D eigenvalue weighted by Gasteiger charge is -2.16. The summed E-state index contributed by atoms with van der Waals surface area (Å²) in [5.74, 6) is 0.0391. The molecular formula is C10H12FN5O3. The van der Waals surface area contributed by atoms with Gasteiger partial charge in [0.1, 0.15) is 17.7 Å². The van der Waals surface area contributed by atoms with Gasteiger partial charge < -0.3 is 20.7 Å². The van der Waals surface area contributed by atoms with Gasteiger partial charge in [-0.1, -0.05) is 0 Å². The minimum Gasteiger partial charge on any atom is -0.394 e. The zero-order valence-electron chi connectivity index (χ0n) is 9.72. The molecule has 0 radical (unpaired) electrons. The second-order valence-corrected chi connectivity index (χ2v) is 4.27. The number of halogens is 1. The summed E-state index contributed by atoms with van der Waals surface area (Å²) in [4.78, 5) is 11.8. The first-order valence-corrected chi connectivity index (χ1v) is 5.65. The van der Waals surface area contributed by atoms with Crippen LogP contribution in [-0.4, -0.2) is 54.7 Å². The maximum atomic E-state index is 13.7. The van der Waals surface area contributed by atoms with E-state index >= 15 is 0 Å². The first-order valence-electron chi connectivity index (χ1n) is 5.65. The van der Waals surface area contributed by atoms with Crippen LogP contribution in [0.1, 0.15) is 6.23 Å². The molecule has 0 unspecified atom stereocenters. The molecule has 1 saturated heterocycles. The Balaban J connectivity index is 2.03. The van der Waals surface area contributed by atoms with E-state index in [-0.39, 0.29) is 5.95 Å². The smallest absolute Gasteiger partial charge is 0.222 e. The number of nitrogens with two attached hydrogens (primary N) is 1. The van der Waals surface area contributed by atoms with Crippen LogP contribution >= 0.6 is 0 Å². The van der Waals surface area contributed by atoms with Crippen molar-refractivity contribution in [2.75, 3.05) is 12.3 Å². The summed E-state index contributed by atoms with van der Waals surface area (Å²) in [5, 5.41) is 18.8. The largest absolute Gasteiger partial charge is 0.394 e. The zero-order valence-corrected chi connectivity index (χ0v) is 9.72. The van der Waals surface area contributed by atoms with Gasteiger partial charge in [0.15, 0.2) is 18.0 Å². The number of nitrogens with zero attached hydrogens (tertiary/aromatic N) is 4. The molecule has 8 nitrogen and oxygen atoms in total. The molecule has 0 amide bonds. The Morgan fingerprint density at radius 1 is 1.47 bits per heavy atom. The number of aromatic nitrogens is 4. The Hall–Kier alpha value is -1.84. The van der Waals surface area contributed by atoms with Gasteiger partial charge in [-0.25, -0.2) is 14.4 Å². The number of alkyl halides is 1. The maximum absolute atomic E-state index is 13.7. The van der Waals surface area contributed by atoms with Crippen LogP contribution in [0.5, 0.6) is 0 Å². The molecule has 4 atom stereocenters. The number of aliphatic hydroxyl groups is 2. The van der Waals surface area contributed by atoms with Gasteiger partial charge in [0, 0.05) is 0 Å². The van der Waals surface area contributed by atoms with Gasteiger partial charge in [-0.05, 0) is 0 Å². The van der Waals surface area contributed by atoms with Crippen molar-refractivity contribution in [2.45, 2.75) is 24.6 Å². The van der Waals surface area contributed by atoms with Crippen LogP contribution in [0.2, 0.25) is 0 Å². The molecule has 0 spiro atoms. The third-order valence-corrected chi connectivity index (χ3v) is 3.08. The predicted molar refractivity (Wildman–Crippen MR) is 61.6 cm³/mol. The summed E-state index contributed by atoms with van der Waals surface area (Å²) in [7, 11) is 0. The van der Waals surface area contributed by atoms with Gasteiger partial charge in [0.25, 0.3) is 0 Å². The number of rotatable bonds is 2. The molecule has 102 valence electrons. The average Bonchev–Trinajstić information content (AvgIpc) is 2.92. The van der Waals surface area contributed by atoms with E-state index in [4.69, 9.17) is 15.6 Å². The number of ether oxygens (including phenoxy) is 1. The van der Waals surface area contributed by atoms with Crippen molar-refractivity contribution < 1.29 is 19.3 Å². The molecule has 2 aromatic heterocycles. The lowest BCUT2D eigenvalue weighted by Crippen LogP contribution is -2.29. The summed E-state index contributed by atoms with van der Waals surface area (Å²) >= 11 is 0. The molecule has 0 bridgehead atoms. The van der Waals surface area contributed by atoms with Crippen molar-refractivity contribution in [3.63, 3.8) is 0 Å². The number of hydrogen-bond donors (Lipinski definition) is 3. The Morgan fingerprint density at radius 3 is 2.95 bits per heavy atom. The molecule has 3 heterocycles. The van der Waals surface area contributed by atoms with E-state index in [1.807, 2.05) is 0 Å². The number of hydrogen-bond acceptors (Lipinski definition) is 7. The highest BCUT2D eigenvalue weighted by atomic mass is 19.1. The summed E-state index contributed by atoms with van der Waals surface area (Å²) in [6.45, 7) is -0.515. The third kappa shape index (κ3) is 1.82. The van der Waals surface area contributed by atoms with Gasteiger partial charge in [0.05, 0.1) is 19.1 Å². The minimum absolute atomic E-state index is 0.0391. The van der Waals surface area contributed by atoms with Gasteiger partial charge in [0.2, 0.25) is 5.95 Å². The molecule has 2 aromatic rings. The van der Waals surface area contributed by atoms with Crippen molar-refractivity contribution in [3.8, 4) is 0 Å². The van der Waals surface area contributed by atoms with E-state index < -0.39 is 31.2 Å². The number of imidazole rings is 1. The molecule has 4 N–H and O–H groups in total.